The fourth-order valence-corrected chi connectivity index (χ4v) is 5.15. The number of benzene rings is 3. The molecule has 3 aromatic carbocycles. The Morgan fingerprint density at radius 2 is 1.86 bits per heavy atom. The Hall–Kier alpha value is -2.65. The molecular weight excluding hydrogens is 587 g/mol. The van der Waals surface area contributed by atoms with Crippen LogP contribution in [0.1, 0.15) is 18.1 Å². The van der Waals surface area contributed by atoms with Crippen LogP contribution in [0.25, 0.3) is 6.08 Å². The molecule has 0 aromatic heterocycles. The van der Waals surface area contributed by atoms with E-state index in [0.717, 1.165) is 16.9 Å². The monoisotopic (exact) mass is 606 g/mol. The molecule has 1 aliphatic heterocycles. The number of nitrogens with zero attached hydrogens (tertiary/aromatic N) is 1. The molecule has 0 saturated carbocycles. The van der Waals surface area contributed by atoms with E-state index in [9.17, 15) is 4.79 Å². The highest BCUT2D eigenvalue weighted by molar-refractivity contribution is 9.10. The standard InChI is InChI=1S/C26H21BrCl2N2O4S/c1-3-34-22-11-15(10-20(27)24(22)35-14-16-4-5-17(28)13-21(16)29)12-23-25(32)31-26(36-23)30-18-6-8-19(33-2)9-7-18/h4-13H,3,14H2,1-2H3,(H,30,31,32)/b23-12+. The molecule has 1 amide bonds. The van der Waals surface area contributed by atoms with Crippen molar-refractivity contribution in [2.45, 2.75) is 13.5 Å². The van der Waals surface area contributed by atoms with Gasteiger partial charge in [0.1, 0.15) is 12.4 Å². The van der Waals surface area contributed by atoms with Gasteiger partial charge in [0.15, 0.2) is 16.7 Å². The van der Waals surface area contributed by atoms with E-state index in [1.165, 1.54) is 11.8 Å². The summed E-state index contributed by atoms with van der Waals surface area (Å²) >= 11 is 17.1. The van der Waals surface area contributed by atoms with Gasteiger partial charge in [-0.25, -0.2) is 4.99 Å². The molecule has 0 atom stereocenters. The van der Waals surface area contributed by atoms with Crippen molar-refractivity contribution in [2.24, 2.45) is 4.99 Å². The summed E-state index contributed by atoms with van der Waals surface area (Å²) in [5.41, 5.74) is 2.28. The zero-order valence-electron chi connectivity index (χ0n) is 19.3. The summed E-state index contributed by atoms with van der Waals surface area (Å²) in [6.07, 6.45) is 1.78. The maximum absolute atomic E-state index is 12.6. The van der Waals surface area contributed by atoms with E-state index in [1.54, 1.807) is 25.3 Å². The van der Waals surface area contributed by atoms with Crippen LogP contribution >= 0.6 is 50.9 Å². The Kier molecular flexibility index (Phi) is 8.85. The van der Waals surface area contributed by atoms with Crippen molar-refractivity contribution in [3.8, 4) is 17.2 Å². The molecule has 0 unspecified atom stereocenters. The van der Waals surface area contributed by atoms with Crippen LogP contribution in [0.4, 0.5) is 5.69 Å². The average Bonchev–Trinajstić information content (AvgIpc) is 3.18. The van der Waals surface area contributed by atoms with Crippen LogP contribution in [-0.4, -0.2) is 24.8 Å². The van der Waals surface area contributed by atoms with E-state index >= 15 is 0 Å². The topological polar surface area (TPSA) is 69.2 Å². The van der Waals surface area contributed by atoms with E-state index in [2.05, 4.69) is 26.2 Å². The molecule has 6 nitrogen and oxygen atoms in total. The van der Waals surface area contributed by atoms with Gasteiger partial charge in [-0.1, -0.05) is 29.3 Å². The predicted octanol–water partition coefficient (Wildman–Crippen LogP) is 7.63. The minimum Gasteiger partial charge on any atom is -0.497 e. The van der Waals surface area contributed by atoms with Crippen LogP contribution in [0.15, 0.2) is 69.0 Å². The number of nitrogens with one attached hydrogen (secondary N) is 1. The number of ether oxygens (including phenoxy) is 3. The maximum Gasteiger partial charge on any atom is 0.264 e. The normalized spacial score (nSPS) is 15.3. The van der Waals surface area contributed by atoms with E-state index in [1.807, 2.05) is 49.4 Å². The third-order valence-corrected chi connectivity index (χ3v) is 7.06. The molecule has 186 valence electrons. The average molecular weight is 608 g/mol. The van der Waals surface area contributed by atoms with E-state index in [4.69, 9.17) is 37.4 Å². The van der Waals surface area contributed by atoms with Crippen LogP contribution in [0.5, 0.6) is 17.2 Å². The van der Waals surface area contributed by atoms with Crippen molar-refractivity contribution >= 4 is 73.7 Å². The maximum atomic E-state index is 12.6. The summed E-state index contributed by atoms with van der Waals surface area (Å²) in [4.78, 5) is 17.6. The van der Waals surface area contributed by atoms with Crippen molar-refractivity contribution in [2.75, 3.05) is 13.7 Å². The third kappa shape index (κ3) is 6.56. The molecule has 3 aromatic rings. The lowest BCUT2D eigenvalue weighted by Gasteiger charge is -2.15. The largest absolute Gasteiger partial charge is 0.497 e. The number of hydrogen-bond acceptors (Lipinski definition) is 6. The van der Waals surface area contributed by atoms with Crippen LogP contribution in [0, 0.1) is 0 Å². The fraction of sp³-hybridized carbons (Fsp3) is 0.154. The van der Waals surface area contributed by atoms with Crippen LogP contribution in [-0.2, 0) is 11.4 Å². The first-order chi connectivity index (χ1) is 17.4. The van der Waals surface area contributed by atoms with Crippen LogP contribution < -0.4 is 19.5 Å². The van der Waals surface area contributed by atoms with Crippen molar-refractivity contribution in [1.82, 2.24) is 5.32 Å². The second-order valence-electron chi connectivity index (χ2n) is 7.47. The van der Waals surface area contributed by atoms with Gasteiger partial charge in [-0.2, -0.15) is 0 Å². The van der Waals surface area contributed by atoms with Gasteiger partial charge in [-0.05, 0) is 94.8 Å². The zero-order chi connectivity index (χ0) is 25.7. The first kappa shape index (κ1) is 26.4. The number of halogens is 3. The summed E-state index contributed by atoms with van der Waals surface area (Å²) in [5, 5.41) is 4.38. The minimum absolute atomic E-state index is 0.223. The second-order valence-corrected chi connectivity index (χ2v) is 10.2. The van der Waals surface area contributed by atoms with Gasteiger partial charge in [0, 0.05) is 15.6 Å². The second kappa shape index (κ2) is 12.1. The number of thioether (sulfide) groups is 1. The molecule has 36 heavy (non-hydrogen) atoms. The summed E-state index contributed by atoms with van der Waals surface area (Å²) in [6, 6.07) is 16.2. The van der Waals surface area contributed by atoms with Crippen LogP contribution in [0.3, 0.4) is 0 Å². The molecule has 1 fully saturated rings. The smallest absolute Gasteiger partial charge is 0.264 e. The van der Waals surface area contributed by atoms with Gasteiger partial charge >= 0.3 is 0 Å². The molecule has 0 spiro atoms. The molecular formula is C26H21BrCl2N2O4S. The molecule has 1 N–H and O–H groups in total. The van der Waals surface area contributed by atoms with Gasteiger partial charge < -0.3 is 19.5 Å². The molecule has 0 bridgehead atoms. The number of carbonyl (C=O) groups is 1. The number of rotatable bonds is 8. The first-order valence-corrected chi connectivity index (χ1v) is 13.2. The fourth-order valence-electron chi connectivity index (χ4n) is 3.27. The van der Waals surface area contributed by atoms with E-state index in [-0.39, 0.29) is 12.5 Å². The molecule has 10 heteroatoms. The SMILES string of the molecule is CCOc1cc(/C=C2/SC(=Nc3ccc(OC)cc3)NC2=O)cc(Br)c1OCc1ccc(Cl)cc1Cl. The summed E-state index contributed by atoms with van der Waals surface area (Å²) in [6.45, 7) is 2.57. The highest BCUT2D eigenvalue weighted by atomic mass is 79.9. The van der Waals surface area contributed by atoms with Gasteiger partial charge in [0.2, 0.25) is 0 Å². The molecule has 1 heterocycles. The molecule has 0 aliphatic carbocycles. The van der Waals surface area contributed by atoms with Crippen molar-refractivity contribution in [1.29, 1.82) is 0 Å². The zero-order valence-corrected chi connectivity index (χ0v) is 23.2. The van der Waals surface area contributed by atoms with E-state index in [0.29, 0.717) is 48.4 Å². The minimum atomic E-state index is -0.223. The Morgan fingerprint density at radius 1 is 1.08 bits per heavy atom. The molecule has 0 radical (unpaired) electrons. The first-order valence-electron chi connectivity index (χ1n) is 10.8. The summed E-state index contributed by atoms with van der Waals surface area (Å²) in [5.74, 6) is 1.59. The van der Waals surface area contributed by atoms with Crippen LogP contribution in [0.2, 0.25) is 10.0 Å². The lowest BCUT2D eigenvalue weighted by molar-refractivity contribution is -0.115. The lowest BCUT2D eigenvalue weighted by atomic mass is 10.1. The quantitative estimate of drug-likeness (QED) is 0.267. The highest BCUT2D eigenvalue weighted by Gasteiger charge is 2.24. The lowest BCUT2D eigenvalue weighted by Crippen LogP contribution is -2.19. The summed E-state index contributed by atoms with van der Waals surface area (Å²) in [7, 11) is 1.61. The van der Waals surface area contributed by atoms with Gasteiger partial charge in [0.25, 0.3) is 5.91 Å². The van der Waals surface area contributed by atoms with Gasteiger partial charge in [-0.15, -0.1) is 0 Å². The Balaban J connectivity index is 1.54. The Labute approximate surface area is 231 Å². The molecule has 1 saturated heterocycles. The van der Waals surface area contributed by atoms with Crippen molar-refractivity contribution < 1.29 is 19.0 Å². The van der Waals surface area contributed by atoms with E-state index < -0.39 is 0 Å². The number of amidine groups is 1. The number of amides is 1. The van der Waals surface area contributed by atoms with Crippen molar-refractivity contribution in [3.63, 3.8) is 0 Å². The Morgan fingerprint density at radius 3 is 2.56 bits per heavy atom. The number of methoxy groups -OCH3 is 1. The highest BCUT2D eigenvalue weighted by Crippen LogP contribution is 2.39. The Bertz CT molecular complexity index is 1350. The summed E-state index contributed by atoms with van der Waals surface area (Å²) < 4.78 is 17.7. The van der Waals surface area contributed by atoms with Gasteiger partial charge in [-0.3, -0.25) is 4.79 Å². The number of carbonyl (C=O) groups excluding carboxylic acids is 1. The predicted molar refractivity (Wildman–Crippen MR) is 150 cm³/mol. The third-order valence-electron chi connectivity index (χ3n) is 4.97. The molecule has 4 rings (SSSR count). The number of hydrogen-bond donors (Lipinski definition) is 1. The van der Waals surface area contributed by atoms with Crippen molar-refractivity contribution in [3.05, 3.63) is 85.1 Å². The molecule has 1 aliphatic rings. The van der Waals surface area contributed by atoms with Gasteiger partial charge in [0.05, 0.1) is 28.8 Å². The number of aliphatic imine (C=N–C) groups is 1.